The van der Waals surface area contributed by atoms with E-state index in [0.29, 0.717) is 15.6 Å². The Morgan fingerprint density at radius 3 is 2.70 bits per heavy atom. The molecule has 0 bridgehead atoms. The van der Waals surface area contributed by atoms with Crippen molar-refractivity contribution >= 4 is 27.5 Å². The number of hydrogen-bond donors (Lipinski definition) is 2. The molecule has 2 aromatic carbocycles. The Morgan fingerprint density at radius 2 is 2.00 bits per heavy atom. The van der Waals surface area contributed by atoms with E-state index in [-0.39, 0.29) is 17.3 Å². The predicted octanol–water partition coefficient (Wildman–Crippen LogP) is 4.13. The largest absolute Gasteiger partial charge is 0.271 e. The second-order valence-corrected chi connectivity index (χ2v) is 5.56. The summed E-state index contributed by atoms with van der Waals surface area (Å²) in [6.07, 6.45) is 0.255. The number of hydrogen-bond acceptors (Lipinski definition) is 2. The predicted molar refractivity (Wildman–Crippen MR) is 79.3 cm³/mol. The fourth-order valence-corrected chi connectivity index (χ4v) is 2.68. The third kappa shape index (κ3) is 3.35. The first-order valence-electron chi connectivity index (χ1n) is 5.87. The van der Waals surface area contributed by atoms with Gasteiger partial charge in [-0.2, -0.15) is 0 Å². The quantitative estimate of drug-likeness (QED) is 0.635. The molecule has 0 radical (unpaired) electrons. The number of nitrogens with two attached hydrogens (primary N) is 1. The van der Waals surface area contributed by atoms with Gasteiger partial charge >= 0.3 is 0 Å². The summed E-state index contributed by atoms with van der Waals surface area (Å²) in [4.78, 5) is 0. The smallest absolute Gasteiger partial charge is 0.145 e. The zero-order valence-corrected chi connectivity index (χ0v) is 12.7. The van der Waals surface area contributed by atoms with Crippen LogP contribution in [0, 0.1) is 11.6 Å². The van der Waals surface area contributed by atoms with Crippen LogP contribution in [0.25, 0.3) is 0 Å². The van der Waals surface area contributed by atoms with Crippen LogP contribution < -0.4 is 11.3 Å². The van der Waals surface area contributed by atoms with Crippen molar-refractivity contribution in [2.75, 3.05) is 0 Å². The maximum atomic E-state index is 13.9. The van der Waals surface area contributed by atoms with E-state index in [9.17, 15) is 8.78 Å². The average Bonchev–Trinajstić information content (AvgIpc) is 2.43. The molecule has 0 heterocycles. The molecule has 0 saturated heterocycles. The minimum atomic E-state index is -0.484. The standard InChI is InChI=1S/C14H12BrClF2N2/c15-11-5-4-9(17)7-10(11)13(20-19)6-8-2-1-3-12(16)14(8)18/h1-5,7,13,20H,6,19H2. The van der Waals surface area contributed by atoms with Gasteiger partial charge in [0.2, 0.25) is 0 Å². The van der Waals surface area contributed by atoms with Crippen LogP contribution >= 0.6 is 27.5 Å². The highest BCUT2D eigenvalue weighted by Gasteiger charge is 2.17. The van der Waals surface area contributed by atoms with Crippen molar-refractivity contribution in [3.05, 3.63) is 68.7 Å². The summed E-state index contributed by atoms with van der Waals surface area (Å²) in [6.45, 7) is 0. The van der Waals surface area contributed by atoms with Crippen molar-refractivity contribution in [3.8, 4) is 0 Å². The van der Waals surface area contributed by atoms with E-state index in [1.165, 1.54) is 18.2 Å². The first-order chi connectivity index (χ1) is 9.52. The Bertz CT molecular complexity index is 622. The van der Waals surface area contributed by atoms with Gasteiger partial charge in [0.05, 0.1) is 11.1 Å². The Morgan fingerprint density at radius 1 is 1.25 bits per heavy atom. The van der Waals surface area contributed by atoms with E-state index in [1.807, 2.05) is 0 Å². The second-order valence-electron chi connectivity index (χ2n) is 4.30. The average molecular weight is 362 g/mol. The summed E-state index contributed by atoms with van der Waals surface area (Å²) in [5.41, 5.74) is 3.61. The second kappa shape index (κ2) is 6.63. The van der Waals surface area contributed by atoms with Crippen LogP contribution in [0.4, 0.5) is 8.78 Å². The molecule has 2 aromatic rings. The molecular weight excluding hydrogens is 350 g/mol. The van der Waals surface area contributed by atoms with Crippen molar-refractivity contribution in [3.63, 3.8) is 0 Å². The van der Waals surface area contributed by atoms with Crippen LogP contribution in [-0.4, -0.2) is 0 Å². The lowest BCUT2D eigenvalue weighted by Gasteiger charge is -2.18. The van der Waals surface area contributed by atoms with Gasteiger partial charge in [-0.3, -0.25) is 11.3 Å². The minimum absolute atomic E-state index is 0.0524. The number of nitrogens with one attached hydrogen (secondary N) is 1. The van der Waals surface area contributed by atoms with Gasteiger partial charge in [0, 0.05) is 4.47 Å². The van der Waals surface area contributed by atoms with Gasteiger partial charge in [0.15, 0.2) is 0 Å². The highest BCUT2D eigenvalue weighted by atomic mass is 79.9. The SMILES string of the molecule is NNC(Cc1cccc(Cl)c1F)c1cc(F)ccc1Br. The van der Waals surface area contributed by atoms with E-state index < -0.39 is 11.9 Å². The molecule has 20 heavy (non-hydrogen) atoms. The molecule has 0 fully saturated rings. The summed E-state index contributed by atoms with van der Waals surface area (Å²) >= 11 is 9.08. The first-order valence-corrected chi connectivity index (χ1v) is 7.04. The van der Waals surface area contributed by atoms with Gasteiger partial charge in [-0.05, 0) is 41.8 Å². The molecule has 1 atom stereocenters. The Balaban J connectivity index is 2.34. The molecule has 0 aliphatic rings. The van der Waals surface area contributed by atoms with Crippen LogP contribution in [0.15, 0.2) is 40.9 Å². The lowest BCUT2D eigenvalue weighted by molar-refractivity contribution is 0.523. The van der Waals surface area contributed by atoms with Gasteiger partial charge in [-0.1, -0.05) is 39.7 Å². The summed E-state index contributed by atoms with van der Waals surface area (Å²) in [6, 6.07) is 8.60. The molecular formula is C14H12BrClF2N2. The zero-order valence-electron chi connectivity index (χ0n) is 10.3. The normalized spacial score (nSPS) is 12.4. The third-order valence-electron chi connectivity index (χ3n) is 2.99. The van der Waals surface area contributed by atoms with Gasteiger partial charge in [-0.15, -0.1) is 0 Å². The van der Waals surface area contributed by atoms with E-state index in [4.69, 9.17) is 17.4 Å². The van der Waals surface area contributed by atoms with Gasteiger partial charge in [0.25, 0.3) is 0 Å². The molecule has 2 rings (SSSR count). The van der Waals surface area contributed by atoms with Crippen molar-refractivity contribution < 1.29 is 8.78 Å². The van der Waals surface area contributed by atoms with Crippen LogP contribution in [0.3, 0.4) is 0 Å². The highest BCUT2D eigenvalue weighted by Crippen LogP contribution is 2.28. The number of hydrazine groups is 1. The highest BCUT2D eigenvalue weighted by molar-refractivity contribution is 9.10. The Hall–Kier alpha value is -1.01. The molecule has 0 saturated carbocycles. The van der Waals surface area contributed by atoms with Gasteiger partial charge < -0.3 is 0 Å². The van der Waals surface area contributed by atoms with Crippen LogP contribution in [0.1, 0.15) is 17.2 Å². The summed E-state index contributed by atoms with van der Waals surface area (Å²) in [7, 11) is 0. The molecule has 0 aliphatic carbocycles. The van der Waals surface area contributed by atoms with Crippen molar-refractivity contribution in [2.45, 2.75) is 12.5 Å². The summed E-state index contributed by atoms with van der Waals surface area (Å²) in [5.74, 6) is 4.65. The maximum Gasteiger partial charge on any atom is 0.145 e. The number of rotatable bonds is 4. The Kier molecular flexibility index (Phi) is 5.10. The van der Waals surface area contributed by atoms with Crippen molar-refractivity contribution in [1.82, 2.24) is 5.43 Å². The van der Waals surface area contributed by atoms with Crippen LogP contribution in [0.5, 0.6) is 0 Å². The Labute approximate surface area is 129 Å². The van der Waals surface area contributed by atoms with Gasteiger partial charge in [0.1, 0.15) is 11.6 Å². The summed E-state index contributed by atoms with van der Waals surface area (Å²) < 4.78 is 27.9. The van der Waals surface area contributed by atoms with E-state index >= 15 is 0 Å². The molecule has 0 spiro atoms. The maximum absolute atomic E-state index is 13.9. The molecule has 0 aromatic heterocycles. The lowest BCUT2D eigenvalue weighted by atomic mass is 9.99. The zero-order chi connectivity index (χ0) is 14.7. The van der Waals surface area contributed by atoms with E-state index in [2.05, 4.69) is 21.4 Å². The topological polar surface area (TPSA) is 38.0 Å². The lowest BCUT2D eigenvalue weighted by Crippen LogP contribution is -2.30. The van der Waals surface area contributed by atoms with Crippen LogP contribution in [0.2, 0.25) is 5.02 Å². The fourth-order valence-electron chi connectivity index (χ4n) is 1.97. The third-order valence-corrected chi connectivity index (χ3v) is 4.00. The summed E-state index contributed by atoms with van der Waals surface area (Å²) in [5, 5.41) is 0.0524. The molecule has 106 valence electrons. The first kappa shape index (κ1) is 15.4. The molecule has 0 amide bonds. The van der Waals surface area contributed by atoms with Crippen LogP contribution in [-0.2, 0) is 6.42 Å². The van der Waals surface area contributed by atoms with Crippen molar-refractivity contribution in [1.29, 1.82) is 0 Å². The minimum Gasteiger partial charge on any atom is -0.271 e. The fraction of sp³-hybridized carbons (Fsp3) is 0.143. The van der Waals surface area contributed by atoms with Gasteiger partial charge in [-0.25, -0.2) is 8.78 Å². The van der Waals surface area contributed by atoms with E-state index in [1.54, 1.807) is 18.2 Å². The monoisotopic (exact) mass is 360 g/mol. The molecule has 3 N–H and O–H groups in total. The molecule has 1 unspecified atom stereocenters. The molecule has 0 aliphatic heterocycles. The molecule has 6 heteroatoms. The van der Waals surface area contributed by atoms with E-state index in [0.717, 1.165) is 0 Å². The number of benzene rings is 2. The molecule has 2 nitrogen and oxygen atoms in total. The van der Waals surface area contributed by atoms with Crippen molar-refractivity contribution in [2.24, 2.45) is 5.84 Å². The number of halogens is 4.